The molecule has 0 aliphatic rings. The van der Waals surface area contributed by atoms with Crippen LogP contribution in [-0.4, -0.2) is 35.3 Å². The minimum atomic E-state index is 0.0714. The third kappa shape index (κ3) is 4.24. The molecule has 1 aromatic rings. The van der Waals surface area contributed by atoms with Crippen molar-refractivity contribution in [2.75, 3.05) is 20.6 Å². The number of unbranched alkanes of at least 4 members (excludes halogenated alkanes) is 1. The van der Waals surface area contributed by atoms with E-state index in [0.29, 0.717) is 5.02 Å². The van der Waals surface area contributed by atoms with Crippen LogP contribution in [-0.2, 0) is 6.54 Å². The maximum Gasteiger partial charge on any atom is 0.0834 e. The topological polar surface area (TPSA) is 59.1 Å². The van der Waals surface area contributed by atoms with Crippen molar-refractivity contribution in [2.45, 2.75) is 38.8 Å². The van der Waals surface area contributed by atoms with Crippen LogP contribution >= 0.6 is 11.6 Å². The SMILES string of the molecule is CCCCC(NN)c1c(Cl)cnn1CCN(C)C. The first-order chi connectivity index (χ1) is 8.60. The van der Waals surface area contributed by atoms with Crippen LogP contribution in [0.1, 0.15) is 37.9 Å². The van der Waals surface area contributed by atoms with Gasteiger partial charge in [-0.2, -0.15) is 5.10 Å². The summed E-state index contributed by atoms with van der Waals surface area (Å²) in [5.41, 5.74) is 3.84. The van der Waals surface area contributed by atoms with E-state index in [0.717, 1.165) is 38.0 Å². The summed E-state index contributed by atoms with van der Waals surface area (Å²) in [5.74, 6) is 5.64. The van der Waals surface area contributed by atoms with Crippen LogP contribution in [0.5, 0.6) is 0 Å². The summed E-state index contributed by atoms with van der Waals surface area (Å²) >= 11 is 6.22. The predicted octanol–water partition coefficient (Wildman–Crippen LogP) is 1.79. The van der Waals surface area contributed by atoms with E-state index in [1.165, 1.54) is 0 Å². The molecule has 0 aliphatic heterocycles. The summed E-state index contributed by atoms with van der Waals surface area (Å²) in [5, 5.41) is 5.01. The molecule has 1 heterocycles. The van der Waals surface area contributed by atoms with E-state index < -0.39 is 0 Å². The molecule has 0 fully saturated rings. The van der Waals surface area contributed by atoms with Gasteiger partial charge in [-0.3, -0.25) is 16.0 Å². The van der Waals surface area contributed by atoms with Gasteiger partial charge >= 0.3 is 0 Å². The minimum Gasteiger partial charge on any atom is -0.308 e. The monoisotopic (exact) mass is 273 g/mol. The Hall–Kier alpha value is -0.620. The van der Waals surface area contributed by atoms with E-state index >= 15 is 0 Å². The van der Waals surface area contributed by atoms with Gasteiger partial charge in [-0.25, -0.2) is 0 Å². The number of nitrogens with two attached hydrogens (primary N) is 1. The molecule has 0 aromatic carbocycles. The van der Waals surface area contributed by atoms with Crippen molar-refractivity contribution in [2.24, 2.45) is 5.84 Å². The lowest BCUT2D eigenvalue weighted by Gasteiger charge is -2.19. The van der Waals surface area contributed by atoms with Gasteiger partial charge in [0.25, 0.3) is 0 Å². The summed E-state index contributed by atoms with van der Waals surface area (Å²) in [6.07, 6.45) is 4.93. The molecule has 0 aliphatic carbocycles. The van der Waals surface area contributed by atoms with Gasteiger partial charge in [0.15, 0.2) is 0 Å². The lowest BCUT2D eigenvalue weighted by molar-refractivity contribution is 0.359. The summed E-state index contributed by atoms with van der Waals surface area (Å²) in [6.45, 7) is 3.91. The first-order valence-corrected chi connectivity index (χ1v) is 6.80. The fourth-order valence-electron chi connectivity index (χ4n) is 1.90. The van der Waals surface area contributed by atoms with Gasteiger partial charge in [0.1, 0.15) is 0 Å². The largest absolute Gasteiger partial charge is 0.308 e. The molecule has 0 amide bonds. The molecular formula is C12H24ClN5. The molecule has 104 valence electrons. The highest BCUT2D eigenvalue weighted by Crippen LogP contribution is 2.26. The van der Waals surface area contributed by atoms with Crippen LogP contribution in [0, 0.1) is 0 Å². The Morgan fingerprint density at radius 3 is 2.83 bits per heavy atom. The molecule has 0 spiro atoms. The van der Waals surface area contributed by atoms with E-state index in [2.05, 4.69) is 22.3 Å². The van der Waals surface area contributed by atoms with Crippen molar-refractivity contribution >= 4 is 11.6 Å². The Morgan fingerprint density at radius 1 is 1.56 bits per heavy atom. The number of aromatic nitrogens is 2. The Bertz CT molecular complexity index is 350. The van der Waals surface area contributed by atoms with Gasteiger partial charge in [-0.15, -0.1) is 0 Å². The first-order valence-electron chi connectivity index (χ1n) is 6.42. The Kier molecular flexibility index (Phi) is 6.63. The molecule has 6 heteroatoms. The number of nitrogens with one attached hydrogen (secondary N) is 1. The van der Waals surface area contributed by atoms with Crippen LogP contribution in [0.3, 0.4) is 0 Å². The number of hydrogen-bond donors (Lipinski definition) is 2. The lowest BCUT2D eigenvalue weighted by atomic mass is 10.1. The van der Waals surface area contributed by atoms with Gasteiger partial charge in [0.05, 0.1) is 29.5 Å². The van der Waals surface area contributed by atoms with Gasteiger partial charge in [-0.05, 0) is 20.5 Å². The third-order valence-corrected chi connectivity index (χ3v) is 3.26. The summed E-state index contributed by atoms with van der Waals surface area (Å²) < 4.78 is 1.95. The Labute approximate surface area is 114 Å². The van der Waals surface area contributed by atoms with Crippen molar-refractivity contribution in [1.82, 2.24) is 20.1 Å². The standard InChI is InChI=1S/C12H24ClN5/c1-4-5-6-11(16-14)12-10(13)9-15-18(12)8-7-17(2)3/h9,11,16H,4-8,14H2,1-3H3. The second-order valence-electron chi connectivity index (χ2n) is 4.77. The maximum atomic E-state index is 6.22. The average molecular weight is 274 g/mol. The van der Waals surface area contributed by atoms with Crippen LogP contribution in [0.2, 0.25) is 5.02 Å². The van der Waals surface area contributed by atoms with Crippen LogP contribution in [0.15, 0.2) is 6.20 Å². The number of hydrogen-bond acceptors (Lipinski definition) is 4. The molecule has 0 saturated heterocycles. The van der Waals surface area contributed by atoms with Gasteiger partial charge in [0, 0.05) is 6.54 Å². The molecule has 1 atom stereocenters. The quantitative estimate of drug-likeness (QED) is 0.560. The number of likely N-dealkylation sites (N-methyl/N-ethyl adjacent to an activating group) is 1. The zero-order chi connectivity index (χ0) is 13.5. The van der Waals surface area contributed by atoms with E-state index in [9.17, 15) is 0 Å². The van der Waals surface area contributed by atoms with Gasteiger partial charge in [0.2, 0.25) is 0 Å². The highest BCUT2D eigenvalue weighted by atomic mass is 35.5. The van der Waals surface area contributed by atoms with Crippen molar-refractivity contribution in [3.05, 3.63) is 16.9 Å². The lowest BCUT2D eigenvalue weighted by Crippen LogP contribution is -2.31. The summed E-state index contributed by atoms with van der Waals surface area (Å²) in [6, 6.07) is 0.0714. The molecule has 0 bridgehead atoms. The smallest absolute Gasteiger partial charge is 0.0834 e. The molecule has 1 aromatic heterocycles. The third-order valence-electron chi connectivity index (χ3n) is 2.97. The zero-order valence-electron chi connectivity index (χ0n) is 11.5. The number of halogens is 1. The molecule has 1 unspecified atom stereocenters. The number of hydrazine groups is 1. The van der Waals surface area contributed by atoms with E-state index in [-0.39, 0.29) is 6.04 Å². The average Bonchev–Trinajstić information content (AvgIpc) is 2.70. The first kappa shape index (κ1) is 15.4. The van der Waals surface area contributed by atoms with Crippen molar-refractivity contribution < 1.29 is 0 Å². The Balaban J connectivity index is 2.80. The van der Waals surface area contributed by atoms with E-state index in [1.54, 1.807) is 6.20 Å². The van der Waals surface area contributed by atoms with Crippen LogP contribution < -0.4 is 11.3 Å². The van der Waals surface area contributed by atoms with Crippen molar-refractivity contribution in [3.8, 4) is 0 Å². The highest BCUT2D eigenvalue weighted by Gasteiger charge is 2.18. The second kappa shape index (κ2) is 7.74. The molecule has 1 rings (SSSR count). The van der Waals surface area contributed by atoms with Gasteiger partial charge in [-0.1, -0.05) is 31.4 Å². The fraction of sp³-hybridized carbons (Fsp3) is 0.750. The van der Waals surface area contributed by atoms with Crippen molar-refractivity contribution in [1.29, 1.82) is 0 Å². The predicted molar refractivity (Wildman–Crippen MR) is 75.4 cm³/mol. The molecule has 5 nitrogen and oxygen atoms in total. The number of nitrogens with zero attached hydrogens (tertiary/aromatic N) is 3. The van der Waals surface area contributed by atoms with E-state index in [1.807, 2.05) is 18.8 Å². The minimum absolute atomic E-state index is 0.0714. The molecule has 0 saturated carbocycles. The normalized spacial score (nSPS) is 13.2. The molecular weight excluding hydrogens is 250 g/mol. The fourth-order valence-corrected chi connectivity index (χ4v) is 2.17. The zero-order valence-corrected chi connectivity index (χ0v) is 12.2. The Morgan fingerprint density at radius 2 is 2.28 bits per heavy atom. The molecule has 18 heavy (non-hydrogen) atoms. The summed E-state index contributed by atoms with van der Waals surface area (Å²) in [4.78, 5) is 2.12. The second-order valence-corrected chi connectivity index (χ2v) is 5.17. The van der Waals surface area contributed by atoms with Gasteiger partial charge < -0.3 is 4.90 Å². The number of rotatable bonds is 8. The molecule has 0 radical (unpaired) electrons. The highest BCUT2D eigenvalue weighted by molar-refractivity contribution is 6.31. The van der Waals surface area contributed by atoms with Crippen molar-refractivity contribution in [3.63, 3.8) is 0 Å². The van der Waals surface area contributed by atoms with E-state index in [4.69, 9.17) is 17.4 Å². The van der Waals surface area contributed by atoms with Crippen LogP contribution in [0.4, 0.5) is 0 Å². The maximum absolute atomic E-state index is 6.22. The molecule has 3 N–H and O–H groups in total. The van der Waals surface area contributed by atoms with Crippen LogP contribution in [0.25, 0.3) is 0 Å². The summed E-state index contributed by atoms with van der Waals surface area (Å²) in [7, 11) is 4.08.